The van der Waals surface area contributed by atoms with E-state index in [4.69, 9.17) is 16.3 Å². The molecular weight excluding hydrogens is 382 g/mol. The van der Waals surface area contributed by atoms with Crippen molar-refractivity contribution in [2.45, 2.75) is 32.3 Å². The van der Waals surface area contributed by atoms with Gasteiger partial charge in [0.1, 0.15) is 11.4 Å². The minimum atomic E-state index is -0.0934. The first-order valence-electron chi connectivity index (χ1n) is 10.5. The number of aromatic amines is 1. The van der Waals surface area contributed by atoms with Crippen LogP contribution in [0.15, 0.2) is 42.6 Å². The van der Waals surface area contributed by atoms with Crippen LogP contribution in [0, 0.1) is 0 Å². The molecule has 152 valence electrons. The average molecular weight is 410 g/mol. The Morgan fingerprint density at radius 2 is 1.93 bits per heavy atom. The molecule has 0 radical (unpaired) electrons. The summed E-state index contributed by atoms with van der Waals surface area (Å²) in [6, 6.07) is 12.7. The van der Waals surface area contributed by atoms with Crippen LogP contribution in [0.3, 0.4) is 0 Å². The summed E-state index contributed by atoms with van der Waals surface area (Å²) in [6.07, 6.45) is 4.18. The molecule has 3 aromatic rings. The van der Waals surface area contributed by atoms with Gasteiger partial charge in [-0.15, -0.1) is 0 Å². The van der Waals surface area contributed by atoms with Crippen LogP contribution in [0.25, 0.3) is 10.9 Å². The highest BCUT2D eigenvalue weighted by atomic mass is 35.5. The molecule has 0 spiro atoms. The van der Waals surface area contributed by atoms with E-state index in [1.54, 1.807) is 0 Å². The predicted molar refractivity (Wildman–Crippen MR) is 121 cm³/mol. The fraction of sp³-hybridized carbons (Fsp3) is 0.417. The summed E-state index contributed by atoms with van der Waals surface area (Å²) in [6.45, 7) is 9.69. The van der Waals surface area contributed by atoms with Crippen molar-refractivity contribution in [2.24, 2.45) is 0 Å². The average Bonchev–Trinajstić information content (AvgIpc) is 3.24. The molecule has 0 bridgehead atoms. The third-order valence-electron chi connectivity index (χ3n) is 6.21. The predicted octanol–water partition coefficient (Wildman–Crippen LogP) is 4.90. The summed E-state index contributed by atoms with van der Waals surface area (Å²) in [7, 11) is 0. The van der Waals surface area contributed by atoms with Gasteiger partial charge in [0.15, 0.2) is 0 Å². The van der Waals surface area contributed by atoms with Crippen molar-refractivity contribution in [3.63, 3.8) is 0 Å². The lowest BCUT2D eigenvalue weighted by Crippen LogP contribution is -2.47. The van der Waals surface area contributed by atoms with Gasteiger partial charge in [0.25, 0.3) is 0 Å². The number of piperazine rings is 1. The number of fused-ring (bicyclic) bond motifs is 2. The molecule has 0 atom stereocenters. The number of H-pyrrole nitrogens is 1. The van der Waals surface area contributed by atoms with Crippen LogP contribution >= 0.6 is 11.6 Å². The minimum absolute atomic E-state index is 0.0934. The molecule has 3 heterocycles. The monoisotopic (exact) mass is 409 g/mol. The Hall–Kier alpha value is -2.17. The summed E-state index contributed by atoms with van der Waals surface area (Å²) >= 11 is 6.10. The van der Waals surface area contributed by atoms with E-state index in [0.717, 1.165) is 61.9 Å². The Morgan fingerprint density at radius 1 is 1.10 bits per heavy atom. The van der Waals surface area contributed by atoms with Crippen LogP contribution < -0.4 is 9.64 Å². The van der Waals surface area contributed by atoms with Crippen LogP contribution in [0.2, 0.25) is 5.02 Å². The molecular formula is C24H28ClN3O. The van der Waals surface area contributed by atoms with E-state index < -0.39 is 0 Å². The van der Waals surface area contributed by atoms with Crippen LogP contribution in [-0.2, 0) is 12.8 Å². The van der Waals surface area contributed by atoms with Gasteiger partial charge in [-0.25, -0.2) is 0 Å². The third kappa shape index (κ3) is 3.72. The van der Waals surface area contributed by atoms with E-state index in [-0.39, 0.29) is 5.60 Å². The lowest BCUT2D eigenvalue weighted by Gasteiger charge is -2.36. The van der Waals surface area contributed by atoms with Crippen LogP contribution in [-0.4, -0.2) is 48.2 Å². The van der Waals surface area contributed by atoms with E-state index in [9.17, 15) is 0 Å². The number of rotatable bonds is 4. The van der Waals surface area contributed by atoms with Gasteiger partial charge in [-0.2, -0.15) is 0 Å². The van der Waals surface area contributed by atoms with Crippen molar-refractivity contribution < 1.29 is 4.74 Å². The number of benzene rings is 2. The van der Waals surface area contributed by atoms with E-state index >= 15 is 0 Å². The maximum atomic E-state index is 6.28. The fourth-order valence-electron chi connectivity index (χ4n) is 4.70. The lowest BCUT2D eigenvalue weighted by molar-refractivity contribution is 0.138. The number of para-hydroxylation sites is 1. The van der Waals surface area contributed by atoms with Gasteiger partial charge in [0, 0.05) is 66.8 Å². The molecule has 29 heavy (non-hydrogen) atoms. The Labute approximate surface area is 177 Å². The molecule has 4 nitrogen and oxygen atoms in total. The number of nitrogens with one attached hydrogen (secondary N) is 1. The number of anilines is 1. The molecule has 0 amide bonds. The van der Waals surface area contributed by atoms with E-state index in [0.29, 0.717) is 0 Å². The quantitative estimate of drug-likeness (QED) is 0.665. The van der Waals surface area contributed by atoms with E-state index in [1.165, 1.54) is 22.2 Å². The first-order chi connectivity index (χ1) is 14.0. The molecule has 1 saturated heterocycles. The zero-order chi connectivity index (χ0) is 20.0. The minimum Gasteiger partial charge on any atom is -0.485 e. The second-order valence-corrected chi connectivity index (χ2v) is 9.32. The normalized spacial score (nSPS) is 18.8. The zero-order valence-electron chi connectivity index (χ0n) is 17.2. The largest absolute Gasteiger partial charge is 0.485 e. The molecule has 2 aromatic carbocycles. The van der Waals surface area contributed by atoms with Gasteiger partial charge >= 0.3 is 0 Å². The van der Waals surface area contributed by atoms with Gasteiger partial charge < -0.3 is 14.6 Å². The first-order valence-corrected chi connectivity index (χ1v) is 10.9. The molecule has 1 N–H and O–H groups in total. The van der Waals surface area contributed by atoms with Gasteiger partial charge in [0.2, 0.25) is 0 Å². The van der Waals surface area contributed by atoms with Crippen molar-refractivity contribution in [2.75, 3.05) is 37.6 Å². The zero-order valence-corrected chi connectivity index (χ0v) is 17.9. The topological polar surface area (TPSA) is 31.5 Å². The summed E-state index contributed by atoms with van der Waals surface area (Å²) in [5, 5.41) is 2.06. The van der Waals surface area contributed by atoms with Crippen molar-refractivity contribution in [3.8, 4) is 5.75 Å². The van der Waals surface area contributed by atoms with E-state index in [1.807, 2.05) is 12.1 Å². The van der Waals surface area contributed by atoms with Crippen LogP contribution in [0.5, 0.6) is 5.75 Å². The summed E-state index contributed by atoms with van der Waals surface area (Å²) < 4.78 is 6.28. The summed E-state index contributed by atoms with van der Waals surface area (Å²) in [4.78, 5) is 8.41. The van der Waals surface area contributed by atoms with Crippen molar-refractivity contribution in [3.05, 3.63) is 58.7 Å². The standard InChI is InChI=1S/C24H28ClN3O/c1-24(2)15-17-4-3-5-22(23(17)29-24)28-12-10-27(11-13-28)9-8-18-16-26-21-14-19(25)6-7-20(18)21/h3-7,14,16,26H,8-13,15H2,1-2H3. The smallest absolute Gasteiger partial charge is 0.146 e. The molecule has 2 aliphatic rings. The number of nitrogens with zero attached hydrogens (tertiary/aromatic N) is 2. The summed E-state index contributed by atoms with van der Waals surface area (Å²) in [5.74, 6) is 1.10. The highest BCUT2D eigenvalue weighted by molar-refractivity contribution is 6.31. The highest BCUT2D eigenvalue weighted by Crippen LogP contribution is 2.42. The molecule has 1 fully saturated rings. The van der Waals surface area contributed by atoms with Crippen LogP contribution in [0.1, 0.15) is 25.0 Å². The Balaban J connectivity index is 1.21. The second kappa shape index (κ2) is 7.26. The lowest BCUT2D eigenvalue weighted by atomic mass is 10.0. The number of hydrogen-bond acceptors (Lipinski definition) is 3. The second-order valence-electron chi connectivity index (χ2n) is 8.89. The highest BCUT2D eigenvalue weighted by Gasteiger charge is 2.33. The van der Waals surface area contributed by atoms with Gasteiger partial charge in [-0.05, 0) is 44.0 Å². The Kier molecular flexibility index (Phi) is 4.72. The van der Waals surface area contributed by atoms with Crippen molar-refractivity contribution in [1.82, 2.24) is 9.88 Å². The molecule has 0 saturated carbocycles. The fourth-order valence-corrected chi connectivity index (χ4v) is 4.88. The molecule has 0 aliphatic carbocycles. The van der Waals surface area contributed by atoms with Gasteiger partial charge in [-0.3, -0.25) is 4.90 Å². The first kappa shape index (κ1) is 18.8. The van der Waals surface area contributed by atoms with Gasteiger partial charge in [-0.1, -0.05) is 29.8 Å². The number of ether oxygens (including phenoxy) is 1. The van der Waals surface area contributed by atoms with Crippen LogP contribution in [0.4, 0.5) is 5.69 Å². The number of halogens is 1. The van der Waals surface area contributed by atoms with Crippen molar-refractivity contribution in [1.29, 1.82) is 0 Å². The Bertz CT molecular complexity index is 1030. The Morgan fingerprint density at radius 3 is 2.76 bits per heavy atom. The molecule has 5 rings (SSSR count). The molecule has 0 unspecified atom stereocenters. The molecule has 5 heteroatoms. The number of hydrogen-bond donors (Lipinski definition) is 1. The van der Waals surface area contributed by atoms with E-state index in [2.05, 4.69) is 59.1 Å². The maximum Gasteiger partial charge on any atom is 0.146 e. The van der Waals surface area contributed by atoms with Gasteiger partial charge in [0.05, 0.1) is 5.69 Å². The number of aromatic nitrogens is 1. The molecule has 2 aliphatic heterocycles. The SMILES string of the molecule is CC1(C)Cc2cccc(N3CCN(CCc4c[nH]c5cc(Cl)ccc45)CC3)c2O1. The molecule has 1 aromatic heterocycles. The van der Waals surface area contributed by atoms with Crippen molar-refractivity contribution >= 4 is 28.2 Å². The summed E-state index contributed by atoms with van der Waals surface area (Å²) in [5.41, 5.74) is 5.01. The maximum absolute atomic E-state index is 6.28. The third-order valence-corrected chi connectivity index (χ3v) is 6.45.